The van der Waals surface area contributed by atoms with Crippen molar-refractivity contribution in [3.63, 3.8) is 0 Å². The summed E-state index contributed by atoms with van der Waals surface area (Å²) in [5.74, 6) is 1.02. The van der Waals surface area contributed by atoms with Crippen LogP contribution in [0.5, 0.6) is 0 Å². The van der Waals surface area contributed by atoms with Crippen LogP contribution in [0.15, 0.2) is 180 Å². The standard InChI is InChI=1S/C56H40N2O/c1-56(2)48-20-10-8-17-42(48)43-29-25-38(33-49(43)56)54-44-18-9-11-21-50(44)57-55(58-54)45-19-12-22-52-53(45)47-32-37(26-30-51(47)59-52)36-24-28-41-40(34-13-4-3-5-14-34)27-23-35-15-6-7-16-39(35)46(41)31-36/h3-22,24-26,28-33,40H,23,27H2,1-2H3. The Morgan fingerprint density at radius 2 is 1.24 bits per heavy atom. The predicted octanol–water partition coefficient (Wildman–Crippen LogP) is 14.6. The minimum atomic E-state index is -0.114. The Labute approximate surface area is 343 Å². The number of para-hydroxylation sites is 1. The van der Waals surface area contributed by atoms with Gasteiger partial charge in [0.15, 0.2) is 5.82 Å². The summed E-state index contributed by atoms with van der Waals surface area (Å²) in [6.45, 7) is 4.66. The second-order valence-corrected chi connectivity index (χ2v) is 16.8. The van der Waals surface area contributed by atoms with E-state index in [1.54, 1.807) is 0 Å². The van der Waals surface area contributed by atoms with Crippen molar-refractivity contribution in [2.75, 3.05) is 0 Å². The molecule has 2 aliphatic carbocycles. The molecule has 0 saturated carbocycles. The van der Waals surface area contributed by atoms with Crippen molar-refractivity contribution in [2.24, 2.45) is 0 Å². The zero-order valence-corrected chi connectivity index (χ0v) is 33.0. The Balaban J connectivity index is 1.01. The van der Waals surface area contributed by atoms with Crippen LogP contribution in [0.3, 0.4) is 0 Å². The van der Waals surface area contributed by atoms with Gasteiger partial charge in [0, 0.05) is 38.6 Å². The Kier molecular flexibility index (Phi) is 7.46. The number of rotatable bonds is 4. The number of aryl methyl sites for hydroxylation is 1. The highest BCUT2D eigenvalue weighted by atomic mass is 16.3. The molecule has 3 nitrogen and oxygen atoms in total. The highest BCUT2D eigenvalue weighted by Crippen LogP contribution is 2.50. The number of nitrogens with zero attached hydrogens (tertiary/aromatic N) is 2. The molecule has 0 amide bonds. The van der Waals surface area contributed by atoms with Gasteiger partial charge < -0.3 is 4.42 Å². The van der Waals surface area contributed by atoms with Crippen molar-refractivity contribution in [1.29, 1.82) is 0 Å². The quantitative estimate of drug-likeness (QED) is 0.179. The zero-order valence-electron chi connectivity index (χ0n) is 33.0. The molecule has 0 saturated heterocycles. The molecule has 0 fully saturated rings. The van der Waals surface area contributed by atoms with Crippen molar-refractivity contribution < 1.29 is 4.42 Å². The van der Waals surface area contributed by atoms with Crippen LogP contribution < -0.4 is 0 Å². The van der Waals surface area contributed by atoms with Crippen molar-refractivity contribution >= 4 is 32.8 Å². The summed E-state index contributed by atoms with van der Waals surface area (Å²) >= 11 is 0. The van der Waals surface area contributed by atoms with Crippen LogP contribution in [0.2, 0.25) is 0 Å². The van der Waals surface area contributed by atoms with Gasteiger partial charge in [0.05, 0.1) is 11.2 Å². The second kappa shape index (κ2) is 13.0. The van der Waals surface area contributed by atoms with Gasteiger partial charge in [0.1, 0.15) is 11.2 Å². The normalized spacial score (nSPS) is 15.1. The SMILES string of the molecule is CC1(C)c2ccccc2-c2ccc(-c3nc(-c4cccc5oc6ccc(-c7ccc8c(c7)-c7ccccc7CCC8c7ccccc7)cc6c45)nc4ccccc34)cc21. The van der Waals surface area contributed by atoms with E-state index in [2.05, 4.69) is 190 Å². The maximum Gasteiger partial charge on any atom is 0.161 e. The highest BCUT2D eigenvalue weighted by molar-refractivity contribution is 6.13. The van der Waals surface area contributed by atoms with Gasteiger partial charge in [-0.3, -0.25) is 0 Å². The van der Waals surface area contributed by atoms with Crippen LogP contribution in [0.25, 0.3) is 88.9 Å². The van der Waals surface area contributed by atoms with E-state index < -0.39 is 0 Å². The fraction of sp³-hybridized carbons (Fsp3) is 0.107. The summed E-state index contributed by atoms with van der Waals surface area (Å²) in [6.07, 6.45) is 2.13. The molecule has 59 heavy (non-hydrogen) atoms. The molecule has 1 unspecified atom stereocenters. The minimum Gasteiger partial charge on any atom is -0.456 e. The fourth-order valence-electron chi connectivity index (χ4n) is 10.2. The number of aromatic nitrogens is 2. The van der Waals surface area contributed by atoms with Gasteiger partial charge in [-0.1, -0.05) is 153 Å². The van der Waals surface area contributed by atoms with Gasteiger partial charge in [0.2, 0.25) is 0 Å². The van der Waals surface area contributed by atoms with Crippen LogP contribution in [-0.4, -0.2) is 9.97 Å². The van der Waals surface area contributed by atoms with Crippen LogP contribution in [0.1, 0.15) is 54.0 Å². The predicted molar refractivity (Wildman–Crippen MR) is 243 cm³/mol. The van der Waals surface area contributed by atoms with Gasteiger partial charge in [0.25, 0.3) is 0 Å². The molecule has 8 aromatic carbocycles. The van der Waals surface area contributed by atoms with Gasteiger partial charge in [-0.05, 0) is 110 Å². The molecule has 0 aliphatic heterocycles. The lowest BCUT2D eigenvalue weighted by atomic mass is 9.82. The summed E-state index contributed by atoms with van der Waals surface area (Å²) in [5, 5.41) is 3.12. The number of furan rings is 1. The summed E-state index contributed by atoms with van der Waals surface area (Å²) in [6, 6.07) is 64.0. The summed E-state index contributed by atoms with van der Waals surface area (Å²) in [5.41, 5.74) is 19.9. The molecule has 0 radical (unpaired) electrons. The van der Waals surface area contributed by atoms with Gasteiger partial charge in [-0.25, -0.2) is 9.97 Å². The second-order valence-electron chi connectivity index (χ2n) is 16.8. The Morgan fingerprint density at radius 1 is 0.508 bits per heavy atom. The molecule has 2 heterocycles. The molecule has 1 atom stereocenters. The third-order valence-corrected chi connectivity index (χ3v) is 13.2. The first-order chi connectivity index (χ1) is 29.0. The molecule has 280 valence electrons. The highest BCUT2D eigenvalue weighted by Gasteiger charge is 2.35. The Morgan fingerprint density at radius 3 is 2.15 bits per heavy atom. The van der Waals surface area contributed by atoms with E-state index in [4.69, 9.17) is 14.4 Å². The lowest BCUT2D eigenvalue weighted by Crippen LogP contribution is -2.15. The van der Waals surface area contributed by atoms with Crippen LogP contribution in [0, 0.1) is 0 Å². The van der Waals surface area contributed by atoms with Gasteiger partial charge in [-0.15, -0.1) is 0 Å². The number of hydrogen-bond acceptors (Lipinski definition) is 3. The van der Waals surface area contributed by atoms with Gasteiger partial charge >= 0.3 is 0 Å². The maximum atomic E-state index is 6.57. The van der Waals surface area contributed by atoms with Crippen molar-refractivity contribution in [3.8, 4) is 56.0 Å². The van der Waals surface area contributed by atoms with E-state index in [1.807, 2.05) is 0 Å². The largest absolute Gasteiger partial charge is 0.456 e. The molecular formula is C56H40N2O. The summed E-state index contributed by atoms with van der Waals surface area (Å²) in [7, 11) is 0. The first-order valence-corrected chi connectivity index (χ1v) is 20.7. The molecule has 0 spiro atoms. The molecule has 12 rings (SSSR count). The van der Waals surface area contributed by atoms with Crippen LogP contribution >= 0.6 is 0 Å². The monoisotopic (exact) mass is 756 g/mol. The Bertz CT molecular complexity index is 3320. The summed E-state index contributed by atoms with van der Waals surface area (Å²) in [4.78, 5) is 10.7. The maximum absolute atomic E-state index is 6.57. The van der Waals surface area contributed by atoms with E-state index in [0.29, 0.717) is 11.7 Å². The smallest absolute Gasteiger partial charge is 0.161 e. The van der Waals surface area contributed by atoms with Crippen molar-refractivity contribution in [3.05, 3.63) is 204 Å². The fourth-order valence-corrected chi connectivity index (χ4v) is 10.2. The molecular weight excluding hydrogens is 717 g/mol. The number of benzene rings is 8. The number of fused-ring (bicyclic) bond motifs is 10. The molecule has 0 N–H and O–H groups in total. The summed E-state index contributed by atoms with van der Waals surface area (Å²) < 4.78 is 6.57. The van der Waals surface area contributed by atoms with E-state index in [1.165, 1.54) is 55.6 Å². The average molecular weight is 757 g/mol. The van der Waals surface area contributed by atoms with E-state index in [-0.39, 0.29) is 5.41 Å². The minimum absolute atomic E-state index is 0.114. The van der Waals surface area contributed by atoms with Gasteiger partial charge in [-0.2, -0.15) is 0 Å². The molecule has 3 heteroatoms. The third-order valence-electron chi connectivity index (χ3n) is 13.2. The van der Waals surface area contributed by atoms with E-state index in [9.17, 15) is 0 Å². The van der Waals surface area contributed by atoms with Crippen LogP contribution in [-0.2, 0) is 11.8 Å². The lowest BCUT2D eigenvalue weighted by molar-refractivity contribution is 0.660. The van der Waals surface area contributed by atoms with E-state index >= 15 is 0 Å². The first-order valence-electron chi connectivity index (χ1n) is 20.7. The van der Waals surface area contributed by atoms with Crippen LogP contribution in [0.4, 0.5) is 0 Å². The zero-order chi connectivity index (χ0) is 39.2. The topological polar surface area (TPSA) is 38.9 Å². The molecule has 10 aromatic rings. The third kappa shape index (κ3) is 5.27. The van der Waals surface area contributed by atoms with E-state index in [0.717, 1.165) is 68.1 Å². The van der Waals surface area contributed by atoms with Crippen molar-refractivity contribution in [1.82, 2.24) is 9.97 Å². The Hall–Kier alpha value is -7.10. The molecule has 2 aliphatic rings. The lowest BCUT2D eigenvalue weighted by Gasteiger charge is -2.22. The molecule has 0 bridgehead atoms. The average Bonchev–Trinajstić information content (AvgIpc) is 3.71. The number of hydrogen-bond donors (Lipinski definition) is 0. The first kappa shape index (κ1) is 34.0. The molecule has 2 aromatic heterocycles. The van der Waals surface area contributed by atoms with Crippen molar-refractivity contribution in [2.45, 2.75) is 38.0 Å².